The van der Waals surface area contributed by atoms with E-state index < -0.39 is 23.5 Å². The van der Waals surface area contributed by atoms with Crippen molar-refractivity contribution in [2.45, 2.75) is 64.0 Å². The largest absolute Gasteiger partial charge is 0.444 e. The van der Waals surface area contributed by atoms with Crippen LogP contribution in [-0.2, 0) is 9.53 Å². The third-order valence-electron chi connectivity index (χ3n) is 2.87. The Morgan fingerprint density at radius 1 is 1.25 bits per heavy atom. The van der Waals surface area contributed by atoms with E-state index in [4.69, 9.17) is 4.74 Å². The van der Waals surface area contributed by atoms with E-state index in [1.54, 1.807) is 20.8 Å². The predicted molar refractivity (Wildman–Crippen MR) is 69.6 cm³/mol. The SMILES string of the molecule is CC(C)(C)OC(=O)NCC(=O)NC1CCC(F)(F)CC1. The van der Waals surface area contributed by atoms with E-state index >= 15 is 0 Å². The van der Waals surface area contributed by atoms with Crippen molar-refractivity contribution in [3.8, 4) is 0 Å². The Labute approximate surface area is 117 Å². The maximum atomic E-state index is 12.9. The van der Waals surface area contributed by atoms with Crippen LogP contribution in [0.25, 0.3) is 0 Å². The molecule has 2 amide bonds. The lowest BCUT2D eigenvalue weighted by molar-refractivity contribution is -0.122. The van der Waals surface area contributed by atoms with E-state index in [9.17, 15) is 18.4 Å². The summed E-state index contributed by atoms with van der Waals surface area (Å²) in [5, 5.41) is 4.96. The molecule has 1 saturated carbocycles. The Morgan fingerprint density at radius 2 is 1.80 bits per heavy atom. The van der Waals surface area contributed by atoms with Gasteiger partial charge < -0.3 is 15.4 Å². The molecule has 0 aromatic carbocycles. The summed E-state index contributed by atoms with van der Waals surface area (Å²) in [4.78, 5) is 22.9. The van der Waals surface area contributed by atoms with Crippen LogP contribution >= 0.6 is 0 Å². The summed E-state index contributed by atoms with van der Waals surface area (Å²) in [6, 6.07) is -0.248. The van der Waals surface area contributed by atoms with Crippen LogP contribution in [0, 0.1) is 0 Å². The van der Waals surface area contributed by atoms with Crippen molar-refractivity contribution in [3.63, 3.8) is 0 Å². The topological polar surface area (TPSA) is 67.4 Å². The maximum Gasteiger partial charge on any atom is 0.408 e. The van der Waals surface area contributed by atoms with Gasteiger partial charge in [-0.1, -0.05) is 0 Å². The van der Waals surface area contributed by atoms with E-state index in [1.807, 2.05) is 0 Å². The number of nitrogens with one attached hydrogen (secondary N) is 2. The lowest BCUT2D eigenvalue weighted by atomic mass is 9.92. The molecule has 0 atom stereocenters. The van der Waals surface area contributed by atoms with Gasteiger partial charge in [-0.3, -0.25) is 4.79 Å². The zero-order valence-electron chi connectivity index (χ0n) is 12.1. The molecule has 0 aliphatic heterocycles. The molecular weight excluding hydrogens is 270 g/mol. The summed E-state index contributed by atoms with van der Waals surface area (Å²) in [5.74, 6) is -3.01. The molecule has 0 aromatic rings. The summed E-state index contributed by atoms with van der Waals surface area (Å²) in [7, 11) is 0. The standard InChI is InChI=1S/C13H22F2N2O3/c1-12(2,3)20-11(19)16-8-10(18)17-9-4-6-13(14,15)7-5-9/h9H,4-8H2,1-3H3,(H,16,19)(H,17,18). The minimum Gasteiger partial charge on any atom is -0.444 e. The van der Waals surface area contributed by atoms with Gasteiger partial charge in [-0.15, -0.1) is 0 Å². The zero-order chi connectivity index (χ0) is 15.4. The molecule has 0 heterocycles. The van der Waals surface area contributed by atoms with Crippen LogP contribution in [0.1, 0.15) is 46.5 Å². The van der Waals surface area contributed by atoms with Gasteiger partial charge in [0.25, 0.3) is 0 Å². The molecule has 1 fully saturated rings. The quantitative estimate of drug-likeness (QED) is 0.838. The molecule has 116 valence electrons. The molecule has 7 heteroatoms. The molecule has 0 unspecified atom stereocenters. The van der Waals surface area contributed by atoms with Crippen molar-refractivity contribution in [2.24, 2.45) is 0 Å². The number of amides is 2. The molecule has 1 aliphatic carbocycles. The average molecular weight is 292 g/mol. The highest BCUT2D eigenvalue weighted by molar-refractivity contribution is 5.82. The van der Waals surface area contributed by atoms with Crippen LogP contribution in [0.3, 0.4) is 0 Å². The van der Waals surface area contributed by atoms with Crippen LogP contribution in [0.4, 0.5) is 13.6 Å². The average Bonchev–Trinajstić information content (AvgIpc) is 2.27. The van der Waals surface area contributed by atoms with Crippen LogP contribution in [-0.4, -0.2) is 36.1 Å². The van der Waals surface area contributed by atoms with E-state index in [0.717, 1.165) is 0 Å². The first-order valence-electron chi connectivity index (χ1n) is 6.71. The molecule has 5 nitrogen and oxygen atoms in total. The fourth-order valence-electron chi connectivity index (χ4n) is 1.93. The minimum absolute atomic E-state index is 0.211. The smallest absolute Gasteiger partial charge is 0.408 e. The Morgan fingerprint density at radius 3 is 2.30 bits per heavy atom. The molecule has 2 N–H and O–H groups in total. The molecule has 0 aromatic heterocycles. The molecule has 20 heavy (non-hydrogen) atoms. The minimum atomic E-state index is -2.62. The second-order valence-corrected chi connectivity index (χ2v) is 6.05. The van der Waals surface area contributed by atoms with Crippen LogP contribution in [0.5, 0.6) is 0 Å². The fraction of sp³-hybridized carbons (Fsp3) is 0.846. The Kier molecular flexibility index (Phi) is 5.30. The highest BCUT2D eigenvalue weighted by Gasteiger charge is 2.35. The summed E-state index contributed by atoms with van der Waals surface area (Å²) in [6.45, 7) is 4.93. The van der Waals surface area contributed by atoms with Crippen LogP contribution in [0.2, 0.25) is 0 Å². The van der Waals surface area contributed by atoms with Gasteiger partial charge in [0.05, 0.1) is 0 Å². The van der Waals surface area contributed by atoms with Gasteiger partial charge in [0.15, 0.2) is 0 Å². The zero-order valence-corrected chi connectivity index (χ0v) is 12.1. The summed E-state index contributed by atoms with van der Waals surface area (Å²) >= 11 is 0. The highest BCUT2D eigenvalue weighted by Crippen LogP contribution is 2.32. The van der Waals surface area contributed by atoms with Crippen molar-refractivity contribution in [1.82, 2.24) is 10.6 Å². The van der Waals surface area contributed by atoms with Gasteiger partial charge in [0.1, 0.15) is 12.1 Å². The number of rotatable bonds is 3. The first-order valence-corrected chi connectivity index (χ1v) is 6.71. The number of hydrogen-bond acceptors (Lipinski definition) is 3. The molecule has 0 bridgehead atoms. The molecule has 0 spiro atoms. The summed E-state index contributed by atoms with van der Waals surface area (Å²) in [5.41, 5.74) is -0.629. The van der Waals surface area contributed by atoms with Gasteiger partial charge >= 0.3 is 6.09 Å². The predicted octanol–water partition coefficient (Wildman–Crippen LogP) is 2.21. The Hall–Kier alpha value is -1.40. The number of carbonyl (C=O) groups excluding carboxylic acids is 2. The first-order chi connectivity index (χ1) is 9.07. The second-order valence-electron chi connectivity index (χ2n) is 6.05. The lowest BCUT2D eigenvalue weighted by Crippen LogP contribution is -2.45. The molecule has 1 aliphatic rings. The molecule has 0 saturated heterocycles. The number of carbonyl (C=O) groups is 2. The van der Waals surface area contributed by atoms with E-state index in [2.05, 4.69) is 10.6 Å². The Balaban J connectivity index is 2.23. The van der Waals surface area contributed by atoms with Crippen molar-refractivity contribution < 1.29 is 23.1 Å². The number of ether oxygens (including phenoxy) is 1. The number of halogens is 2. The van der Waals surface area contributed by atoms with E-state index in [0.29, 0.717) is 0 Å². The van der Waals surface area contributed by atoms with E-state index in [1.165, 1.54) is 0 Å². The van der Waals surface area contributed by atoms with Gasteiger partial charge in [-0.2, -0.15) is 0 Å². The first kappa shape index (κ1) is 16.7. The third kappa shape index (κ3) is 6.68. The molecule has 0 radical (unpaired) electrons. The fourth-order valence-corrected chi connectivity index (χ4v) is 1.93. The second kappa shape index (κ2) is 6.37. The number of alkyl carbamates (subject to hydrolysis) is 1. The van der Waals surface area contributed by atoms with Crippen molar-refractivity contribution in [3.05, 3.63) is 0 Å². The van der Waals surface area contributed by atoms with Crippen molar-refractivity contribution >= 4 is 12.0 Å². The van der Waals surface area contributed by atoms with Gasteiger partial charge in [-0.25, -0.2) is 13.6 Å². The third-order valence-corrected chi connectivity index (χ3v) is 2.87. The molecule has 1 rings (SSSR count). The van der Waals surface area contributed by atoms with E-state index in [-0.39, 0.29) is 38.3 Å². The van der Waals surface area contributed by atoms with Crippen LogP contribution in [0.15, 0.2) is 0 Å². The van der Waals surface area contributed by atoms with Gasteiger partial charge in [0, 0.05) is 18.9 Å². The van der Waals surface area contributed by atoms with Gasteiger partial charge in [0.2, 0.25) is 11.8 Å². The van der Waals surface area contributed by atoms with Gasteiger partial charge in [-0.05, 0) is 33.6 Å². The normalized spacial score (nSPS) is 19.2. The number of alkyl halides is 2. The monoisotopic (exact) mass is 292 g/mol. The summed E-state index contributed by atoms with van der Waals surface area (Å²) in [6.07, 6.45) is -0.589. The van der Waals surface area contributed by atoms with Crippen molar-refractivity contribution in [2.75, 3.05) is 6.54 Å². The lowest BCUT2D eigenvalue weighted by Gasteiger charge is -2.28. The number of hydrogen-bond donors (Lipinski definition) is 2. The molecular formula is C13H22F2N2O3. The van der Waals surface area contributed by atoms with Crippen LogP contribution < -0.4 is 10.6 Å². The maximum absolute atomic E-state index is 12.9. The highest BCUT2D eigenvalue weighted by atomic mass is 19.3. The van der Waals surface area contributed by atoms with Crippen molar-refractivity contribution in [1.29, 1.82) is 0 Å². The summed E-state index contributed by atoms with van der Waals surface area (Å²) < 4.78 is 30.9. The Bertz CT molecular complexity index is 357.